The van der Waals surface area contributed by atoms with Gasteiger partial charge in [-0.3, -0.25) is 0 Å². The second kappa shape index (κ2) is 3.12. The summed E-state index contributed by atoms with van der Waals surface area (Å²) in [6.45, 7) is 1.52. The molecule has 0 bridgehead atoms. The first-order chi connectivity index (χ1) is 5.52. The number of aromatic hydroxyl groups is 1. The van der Waals surface area contributed by atoms with Gasteiger partial charge in [0.25, 0.3) is 0 Å². The first kappa shape index (κ1) is 9.03. The minimum absolute atomic E-state index is 0.153. The minimum Gasteiger partial charge on any atom is -0.508 e. The van der Waals surface area contributed by atoms with Gasteiger partial charge in [0.2, 0.25) is 0 Å². The van der Waals surface area contributed by atoms with Crippen molar-refractivity contribution in [2.75, 3.05) is 0 Å². The molecule has 0 fully saturated rings. The molecule has 3 nitrogen and oxygen atoms in total. The first-order valence-corrected chi connectivity index (χ1v) is 3.37. The third kappa shape index (κ3) is 1.57. The quantitative estimate of drug-likeness (QED) is 0.498. The molecule has 3 N–H and O–H groups in total. The smallest absolute Gasteiger partial charge is 0.491 e. The average molecular weight is 170 g/mol. The maximum atomic E-state index is 12.9. The lowest BCUT2D eigenvalue weighted by Gasteiger charge is -2.04. The zero-order chi connectivity index (χ0) is 9.30. The first-order valence-electron chi connectivity index (χ1n) is 3.37. The summed E-state index contributed by atoms with van der Waals surface area (Å²) in [7, 11) is -1.89. The van der Waals surface area contributed by atoms with Crippen molar-refractivity contribution in [3.63, 3.8) is 0 Å². The predicted molar refractivity (Wildman–Crippen MR) is 42.6 cm³/mol. The van der Waals surface area contributed by atoms with Gasteiger partial charge in [0.1, 0.15) is 11.6 Å². The Kier molecular flexibility index (Phi) is 2.35. The average Bonchev–Trinajstić information content (AvgIpc) is 1.96. The highest BCUT2D eigenvalue weighted by molar-refractivity contribution is 6.58. The molecule has 0 aliphatic carbocycles. The molecule has 0 aromatic heterocycles. The molecule has 0 aliphatic rings. The molecule has 0 spiro atoms. The van der Waals surface area contributed by atoms with Crippen LogP contribution in [-0.4, -0.2) is 22.3 Å². The van der Waals surface area contributed by atoms with Crippen LogP contribution in [0.4, 0.5) is 4.39 Å². The molecule has 12 heavy (non-hydrogen) atoms. The van der Waals surface area contributed by atoms with Gasteiger partial charge in [0, 0.05) is 5.46 Å². The van der Waals surface area contributed by atoms with Crippen molar-refractivity contribution in [1.29, 1.82) is 0 Å². The van der Waals surface area contributed by atoms with E-state index in [0.717, 1.165) is 12.1 Å². The fourth-order valence-corrected chi connectivity index (χ4v) is 0.875. The van der Waals surface area contributed by atoms with E-state index in [1.54, 1.807) is 0 Å². The molecule has 0 aliphatic heterocycles. The zero-order valence-electron chi connectivity index (χ0n) is 6.45. The summed E-state index contributed by atoms with van der Waals surface area (Å²) < 4.78 is 12.9. The van der Waals surface area contributed by atoms with E-state index in [1.165, 1.54) is 6.92 Å². The van der Waals surface area contributed by atoms with Gasteiger partial charge in [-0.05, 0) is 24.6 Å². The summed E-state index contributed by atoms with van der Waals surface area (Å²) in [5.41, 5.74) is 0.0370. The normalized spacial score (nSPS) is 10.0. The standard InChI is InChI=1S/C7H8BFO3/c1-4-2-6(9)5(8(11)12)3-7(4)10/h2-3,10-12H,1H3. The number of hydrogen-bond donors (Lipinski definition) is 3. The van der Waals surface area contributed by atoms with E-state index in [9.17, 15) is 4.39 Å². The Labute approximate surface area is 69.2 Å². The highest BCUT2D eigenvalue weighted by Gasteiger charge is 2.17. The number of hydrogen-bond acceptors (Lipinski definition) is 3. The highest BCUT2D eigenvalue weighted by atomic mass is 19.1. The molecule has 64 valence electrons. The van der Waals surface area contributed by atoms with Crippen LogP contribution in [0.1, 0.15) is 5.56 Å². The van der Waals surface area contributed by atoms with Gasteiger partial charge in [0.05, 0.1) is 0 Å². The maximum absolute atomic E-state index is 12.9. The van der Waals surface area contributed by atoms with Crippen LogP contribution in [0.5, 0.6) is 5.75 Å². The lowest BCUT2D eigenvalue weighted by atomic mass is 9.79. The van der Waals surface area contributed by atoms with Crippen molar-refractivity contribution in [3.05, 3.63) is 23.5 Å². The Morgan fingerprint density at radius 1 is 1.33 bits per heavy atom. The summed E-state index contributed by atoms with van der Waals surface area (Å²) in [5, 5.41) is 26.3. The number of aryl methyl sites for hydroxylation is 1. The van der Waals surface area contributed by atoms with E-state index >= 15 is 0 Å². The molecule has 1 rings (SSSR count). The van der Waals surface area contributed by atoms with Gasteiger partial charge < -0.3 is 15.2 Å². The third-order valence-corrected chi connectivity index (χ3v) is 1.59. The third-order valence-electron chi connectivity index (χ3n) is 1.59. The minimum atomic E-state index is -1.89. The monoisotopic (exact) mass is 170 g/mol. The van der Waals surface area contributed by atoms with Crippen molar-refractivity contribution >= 4 is 12.6 Å². The Bertz CT molecular complexity index is 301. The molecule has 0 atom stereocenters. The summed E-state index contributed by atoms with van der Waals surface area (Å²) in [6, 6.07) is 2.04. The number of halogens is 1. The topological polar surface area (TPSA) is 60.7 Å². The van der Waals surface area contributed by atoms with Gasteiger partial charge in [0.15, 0.2) is 0 Å². The zero-order valence-corrected chi connectivity index (χ0v) is 6.45. The van der Waals surface area contributed by atoms with Crippen molar-refractivity contribution in [2.24, 2.45) is 0 Å². The van der Waals surface area contributed by atoms with Crippen LogP contribution in [0.2, 0.25) is 0 Å². The Morgan fingerprint density at radius 2 is 1.92 bits per heavy atom. The molecule has 0 saturated heterocycles. The second-order valence-electron chi connectivity index (χ2n) is 2.53. The number of phenols is 1. The van der Waals surface area contributed by atoms with Gasteiger partial charge in [-0.2, -0.15) is 0 Å². The van der Waals surface area contributed by atoms with Crippen molar-refractivity contribution in [1.82, 2.24) is 0 Å². The van der Waals surface area contributed by atoms with Crippen molar-refractivity contribution in [3.8, 4) is 5.75 Å². The lowest BCUT2D eigenvalue weighted by molar-refractivity contribution is 0.421. The lowest BCUT2D eigenvalue weighted by Crippen LogP contribution is -2.32. The summed E-state index contributed by atoms with van der Waals surface area (Å²) in [5.74, 6) is -0.889. The largest absolute Gasteiger partial charge is 0.508 e. The van der Waals surface area contributed by atoms with E-state index in [2.05, 4.69) is 0 Å². The van der Waals surface area contributed by atoms with Crippen molar-refractivity contribution < 1.29 is 19.5 Å². The Morgan fingerprint density at radius 3 is 2.42 bits per heavy atom. The van der Waals surface area contributed by atoms with Crippen LogP contribution >= 0.6 is 0 Å². The van der Waals surface area contributed by atoms with Gasteiger partial charge in [-0.25, -0.2) is 4.39 Å². The molecule has 0 amide bonds. The van der Waals surface area contributed by atoms with Gasteiger partial charge in [-0.15, -0.1) is 0 Å². The molecular weight excluding hydrogens is 162 g/mol. The fraction of sp³-hybridized carbons (Fsp3) is 0.143. The molecule has 0 radical (unpaired) electrons. The summed E-state index contributed by atoms with van der Waals surface area (Å²) in [4.78, 5) is 0. The van der Waals surface area contributed by atoms with E-state index in [4.69, 9.17) is 15.2 Å². The van der Waals surface area contributed by atoms with Crippen LogP contribution in [0, 0.1) is 12.7 Å². The molecule has 0 heterocycles. The summed E-state index contributed by atoms with van der Waals surface area (Å²) in [6.07, 6.45) is 0. The second-order valence-corrected chi connectivity index (χ2v) is 2.53. The van der Waals surface area contributed by atoms with Crippen LogP contribution < -0.4 is 5.46 Å². The fourth-order valence-electron chi connectivity index (χ4n) is 0.875. The molecule has 5 heteroatoms. The molecule has 0 unspecified atom stereocenters. The van der Waals surface area contributed by atoms with Crippen LogP contribution in [0.15, 0.2) is 12.1 Å². The van der Waals surface area contributed by atoms with Crippen molar-refractivity contribution in [2.45, 2.75) is 6.92 Å². The molecular formula is C7H8BFO3. The summed E-state index contributed by atoms with van der Waals surface area (Å²) >= 11 is 0. The van der Waals surface area contributed by atoms with Crippen LogP contribution in [0.25, 0.3) is 0 Å². The molecule has 1 aromatic carbocycles. The SMILES string of the molecule is Cc1cc(F)c(B(O)O)cc1O. The Balaban J connectivity index is 3.23. The highest BCUT2D eigenvalue weighted by Crippen LogP contribution is 2.14. The van der Waals surface area contributed by atoms with Gasteiger partial charge >= 0.3 is 7.12 Å². The van der Waals surface area contributed by atoms with E-state index in [1.807, 2.05) is 0 Å². The number of rotatable bonds is 1. The Hall–Kier alpha value is -1.07. The molecule has 1 aromatic rings. The van der Waals surface area contributed by atoms with Crippen LogP contribution in [-0.2, 0) is 0 Å². The molecule has 0 saturated carbocycles. The van der Waals surface area contributed by atoms with Gasteiger partial charge in [-0.1, -0.05) is 0 Å². The van der Waals surface area contributed by atoms with E-state index < -0.39 is 12.9 Å². The van der Waals surface area contributed by atoms with E-state index in [-0.39, 0.29) is 11.2 Å². The van der Waals surface area contributed by atoms with E-state index in [0.29, 0.717) is 5.56 Å². The maximum Gasteiger partial charge on any atom is 0.491 e. The van der Waals surface area contributed by atoms with Crippen LogP contribution in [0.3, 0.4) is 0 Å². The number of phenolic OH excluding ortho intramolecular Hbond substituents is 1. The number of benzene rings is 1. The predicted octanol–water partition coefficient (Wildman–Crippen LogP) is -0.480.